The zero-order valence-corrected chi connectivity index (χ0v) is 19.2. The van der Waals surface area contributed by atoms with Gasteiger partial charge in [0, 0.05) is 32.2 Å². The van der Waals surface area contributed by atoms with Crippen molar-refractivity contribution in [2.45, 2.75) is 25.3 Å². The number of hydrogen-bond donors (Lipinski definition) is 2. The number of rotatable bonds is 9. The number of nitrogens with zero attached hydrogens (tertiary/aromatic N) is 3. The lowest BCUT2D eigenvalue weighted by Crippen LogP contribution is -2.50. The largest absolute Gasteiger partial charge is 0.465 e. The quantitative estimate of drug-likeness (QED) is 0.453. The summed E-state index contributed by atoms with van der Waals surface area (Å²) in [7, 11) is 0. The van der Waals surface area contributed by atoms with Crippen LogP contribution in [-0.2, 0) is 0 Å². The van der Waals surface area contributed by atoms with Gasteiger partial charge in [0.25, 0.3) is 5.91 Å². The number of unbranched alkanes of at least 4 members (excludes halogenated alkanes) is 2. The molecule has 4 rings (SSSR count). The maximum Gasteiger partial charge on any atom is 0.407 e. The second kappa shape index (κ2) is 11.1. The molecule has 8 nitrogen and oxygen atoms in total. The van der Waals surface area contributed by atoms with Crippen molar-refractivity contribution in [3.05, 3.63) is 65.2 Å². The zero-order valence-electron chi connectivity index (χ0n) is 18.4. The molecule has 1 unspecified atom stereocenters. The molecule has 3 aromatic rings. The van der Waals surface area contributed by atoms with E-state index in [0.717, 1.165) is 42.8 Å². The molecule has 2 amide bonds. The van der Waals surface area contributed by atoms with Crippen molar-refractivity contribution >= 4 is 23.3 Å². The van der Waals surface area contributed by atoms with Crippen molar-refractivity contribution in [2.24, 2.45) is 0 Å². The molecule has 1 aliphatic heterocycles. The predicted octanol–water partition coefficient (Wildman–Crippen LogP) is 4.34. The molecule has 1 aromatic carbocycles. The lowest BCUT2D eigenvalue weighted by Gasteiger charge is -2.40. The van der Waals surface area contributed by atoms with E-state index in [9.17, 15) is 14.7 Å². The third-order valence-electron chi connectivity index (χ3n) is 5.84. The van der Waals surface area contributed by atoms with Crippen molar-refractivity contribution < 1.29 is 19.2 Å². The highest BCUT2D eigenvalue weighted by atomic mass is 32.1. The Kier molecular flexibility index (Phi) is 7.74. The Morgan fingerprint density at radius 2 is 1.97 bits per heavy atom. The molecule has 1 fully saturated rings. The van der Waals surface area contributed by atoms with E-state index in [2.05, 4.69) is 15.4 Å². The van der Waals surface area contributed by atoms with E-state index in [0.29, 0.717) is 31.1 Å². The first-order chi connectivity index (χ1) is 16.1. The molecule has 1 atom stereocenters. The fraction of sp³-hybridized carbons (Fsp3) is 0.375. The highest BCUT2D eigenvalue weighted by Crippen LogP contribution is 2.26. The predicted molar refractivity (Wildman–Crippen MR) is 126 cm³/mol. The van der Waals surface area contributed by atoms with Crippen molar-refractivity contribution in [3.63, 3.8) is 0 Å². The third kappa shape index (κ3) is 6.00. The summed E-state index contributed by atoms with van der Waals surface area (Å²) in [6.45, 7) is 3.45. The molecular weight excluding hydrogens is 440 g/mol. The molecule has 9 heteroatoms. The van der Waals surface area contributed by atoms with E-state index in [1.165, 1.54) is 16.2 Å². The van der Waals surface area contributed by atoms with E-state index in [1.807, 2.05) is 47.8 Å². The van der Waals surface area contributed by atoms with Gasteiger partial charge in [-0.1, -0.05) is 48.0 Å². The molecule has 3 heterocycles. The number of amides is 2. The molecule has 2 aromatic heterocycles. The van der Waals surface area contributed by atoms with Crippen LogP contribution in [0.2, 0.25) is 0 Å². The second-order valence-corrected chi connectivity index (χ2v) is 9.02. The Morgan fingerprint density at radius 1 is 1.12 bits per heavy atom. The highest BCUT2D eigenvalue weighted by molar-refractivity contribution is 7.13. The summed E-state index contributed by atoms with van der Waals surface area (Å²) < 4.78 is 5.26. The molecule has 0 spiro atoms. The topological polar surface area (TPSA) is 98.9 Å². The summed E-state index contributed by atoms with van der Waals surface area (Å²) in [5, 5.41) is 18.3. The molecule has 2 N–H and O–H groups in total. The monoisotopic (exact) mass is 468 g/mol. The summed E-state index contributed by atoms with van der Waals surface area (Å²) in [5.74, 6) is 0.379. The van der Waals surface area contributed by atoms with Gasteiger partial charge in [0.2, 0.25) is 0 Å². The maximum atomic E-state index is 12.3. The Bertz CT molecular complexity index is 1040. The minimum atomic E-state index is -0.867. The van der Waals surface area contributed by atoms with Crippen molar-refractivity contribution in [3.8, 4) is 10.6 Å². The number of benzene rings is 1. The van der Waals surface area contributed by atoms with Gasteiger partial charge in [-0.2, -0.15) is 0 Å². The van der Waals surface area contributed by atoms with Gasteiger partial charge in [-0.3, -0.25) is 14.6 Å². The number of thiophene rings is 1. The van der Waals surface area contributed by atoms with Crippen molar-refractivity contribution in [2.75, 3.05) is 32.7 Å². The summed E-state index contributed by atoms with van der Waals surface area (Å²) in [6.07, 6.45) is 1.98. The van der Waals surface area contributed by atoms with Crippen LogP contribution in [-0.4, -0.2) is 64.8 Å². The molecule has 174 valence electrons. The van der Waals surface area contributed by atoms with Gasteiger partial charge in [-0.15, -0.1) is 11.3 Å². The fourth-order valence-electron chi connectivity index (χ4n) is 4.08. The van der Waals surface area contributed by atoms with Crippen LogP contribution in [0.3, 0.4) is 0 Å². The average molecular weight is 469 g/mol. The third-order valence-corrected chi connectivity index (χ3v) is 6.72. The number of carboxylic acid groups (broad SMARTS) is 1. The van der Waals surface area contributed by atoms with Gasteiger partial charge in [0.1, 0.15) is 0 Å². The van der Waals surface area contributed by atoms with Crippen LogP contribution in [0.4, 0.5) is 4.79 Å². The Hall–Kier alpha value is -3.17. The maximum absolute atomic E-state index is 12.3. The van der Waals surface area contributed by atoms with E-state index in [1.54, 1.807) is 6.07 Å². The average Bonchev–Trinajstić information content (AvgIpc) is 3.54. The first-order valence-electron chi connectivity index (χ1n) is 11.2. The van der Waals surface area contributed by atoms with Gasteiger partial charge < -0.3 is 14.9 Å². The van der Waals surface area contributed by atoms with Crippen LogP contribution in [0.15, 0.2) is 58.4 Å². The zero-order chi connectivity index (χ0) is 23.0. The van der Waals surface area contributed by atoms with Crippen molar-refractivity contribution in [1.29, 1.82) is 0 Å². The smallest absolute Gasteiger partial charge is 0.407 e. The van der Waals surface area contributed by atoms with Crippen molar-refractivity contribution in [1.82, 2.24) is 20.3 Å². The SMILES string of the molecule is O=C(NCCCCCN1CCN(C(=O)O)C(c2ccccc2)C1)c1cc(-c2cccs2)on1. The van der Waals surface area contributed by atoms with Crippen LogP contribution in [0.1, 0.15) is 41.4 Å². The summed E-state index contributed by atoms with van der Waals surface area (Å²) in [6, 6.07) is 15.2. The van der Waals surface area contributed by atoms with Crippen LogP contribution in [0, 0.1) is 0 Å². The number of piperazine rings is 1. The van der Waals surface area contributed by atoms with Crippen LogP contribution >= 0.6 is 11.3 Å². The van der Waals surface area contributed by atoms with E-state index >= 15 is 0 Å². The summed E-state index contributed by atoms with van der Waals surface area (Å²) >= 11 is 1.54. The lowest BCUT2D eigenvalue weighted by atomic mass is 10.0. The minimum Gasteiger partial charge on any atom is -0.465 e. The standard InChI is InChI=1S/C24H28N4O4S/c29-23(19-16-21(32-26-19)22-10-7-15-33-22)25-11-5-2-6-12-27-13-14-28(24(30)31)20(17-27)18-8-3-1-4-9-18/h1,3-4,7-10,15-16,20H,2,5-6,11-14,17H2,(H,25,29)(H,30,31). The summed E-state index contributed by atoms with van der Waals surface area (Å²) in [5.41, 5.74) is 1.32. The molecular formula is C24H28N4O4S. The Balaban J connectivity index is 1.17. The Labute approximate surface area is 196 Å². The molecule has 1 saturated heterocycles. The van der Waals surface area contributed by atoms with Crippen LogP contribution < -0.4 is 5.32 Å². The van der Waals surface area contributed by atoms with Gasteiger partial charge in [-0.25, -0.2) is 4.79 Å². The van der Waals surface area contributed by atoms with E-state index < -0.39 is 6.09 Å². The van der Waals surface area contributed by atoms with E-state index in [4.69, 9.17) is 4.52 Å². The molecule has 33 heavy (non-hydrogen) atoms. The molecule has 0 radical (unpaired) electrons. The summed E-state index contributed by atoms with van der Waals surface area (Å²) in [4.78, 5) is 28.7. The normalized spacial score (nSPS) is 16.6. The number of hydrogen-bond acceptors (Lipinski definition) is 6. The number of carbonyl (C=O) groups is 2. The second-order valence-electron chi connectivity index (χ2n) is 8.07. The van der Waals surface area contributed by atoms with E-state index in [-0.39, 0.29) is 11.9 Å². The molecule has 1 aliphatic rings. The van der Waals surface area contributed by atoms with Gasteiger partial charge >= 0.3 is 6.09 Å². The number of nitrogens with one attached hydrogen (secondary N) is 1. The molecule has 0 bridgehead atoms. The van der Waals surface area contributed by atoms with Crippen LogP contribution in [0.25, 0.3) is 10.6 Å². The minimum absolute atomic E-state index is 0.140. The molecule has 0 saturated carbocycles. The Morgan fingerprint density at radius 3 is 2.73 bits per heavy atom. The van der Waals surface area contributed by atoms with Gasteiger partial charge in [-0.05, 0) is 36.4 Å². The lowest BCUT2D eigenvalue weighted by molar-refractivity contribution is 0.0663. The first-order valence-corrected chi connectivity index (χ1v) is 12.1. The van der Waals surface area contributed by atoms with Gasteiger partial charge in [0.05, 0.1) is 10.9 Å². The van der Waals surface area contributed by atoms with Crippen LogP contribution in [0.5, 0.6) is 0 Å². The molecule has 0 aliphatic carbocycles. The first kappa shape index (κ1) is 23.0. The number of aromatic nitrogens is 1. The number of carbonyl (C=O) groups excluding carboxylic acids is 1. The van der Waals surface area contributed by atoms with Gasteiger partial charge in [0.15, 0.2) is 11.5 Å². The fourth-order valence-corrected chi connectivity index (χ4v) is 4.75. The highest BCUT2D eigenvalue weighted by Gasteiger charge is 2.31.